The van der Waals surface area contributed by atoms with Gasteiger partial charge < -0.3 is 15.2 Å². The molecule has 2 N–H and O–H groups in total. The van der Waals surface area contributed by atoms with Crippen molar-refractivity contribution in [2.45, 2.75) is 39.7 Å². The number of nitrogens with one attached hydrogen (secondary N) is 1. The van der Waals surface area contributed by atoms with E-state index in [2.05, 4.69) is 10.1 Å². The summed E-state index contributed by atoms with van der Waals surface area (Å²) in [5, 5.41) is 11.7. The van der Waals surface area contributed by atoms with Crippen molar-refractivity contribution >= 4 is 11.9 Å². The number of carboxylic acids is 1. The molecule has 1 rings (SSSR count). The monoisotopic (exact) mass is 343 g/mol. The maximum atomic E-state index is 12.0. The molecular formula is C17H23F2NO4. The largest absolute Gasteiger partial charge is 0.481 e. The molecule has 1 aromatic rings. The van der Waals surface area contributed by atoms with Gasteiger partial charge in [-0.1, -0.05) is 26.0 Å². The minimum absolute atomic E-state index is 0.0659. The number of carbonyl (C=O) groups is 2. The number of aryl methyl sites for hydroxylation is 1. The summed E-state index contributed by atoms with van der Waals surface area (Å²) in [6.45, 7) is 1.10. The van der Waals surface area contributed by atoms with Gasteiger partial charge in [0.1, 0.15) is 5.75 Å². The van der Waals surface area contributed by atoms with E-state index in [0.29, 0.717) is 12.8 Å². The van der Waals surface area contributed by atoms with Crippen LogP contribution in [-0.2, 0) is 16.0 Å². The Balaban J connectivity index is 2.38. The van der Waals surface area contributed by atoms with Crippen LogP contribution in [0.2, 0.25) is 0 Å². The number of aliphatic carboxylic acids is 1. The molecule has 0 aliphatic heterocycles. The molecule has 134 valence electrons. The number of amides is 1. The number of hydrogen-bond acceptors (Lipinski definition) is 3. The Kier molecular flexibility index (Phi) is 8.15. The molecule has 0 heterocycles. The van der Waals surface area contributed by atoms with Gasteiger partial charge in [0.2, 0.25) is 5.91 Å². The molecule has 1 unspecified atom stereocenters. The van der Waals surface area contributed by atoms with Crippen LogP contribution in [0.5, 0.6) is 5.75 Å². The third-order valence-corrected chi connectivity index (χ3v) is 3.44. The highest BCUT2D eigenvalue weighted by Gasteiger charge is 2.19. The maximum absolute atomic E-state index is 12.0. The molecule has 24 heavy (non-hydrogen) atoms. The van der Waals surface area contributed by atoms with E-state index in [1.807, 2.05) is 13.8 Å². The first-order valence-corrected chi connectivity index (χ1v) is 7.81. The number of benzene rings is 1. The molecule has 0 aromatic heterocycles. The quantitative estimate of drug-likeness (QED) is 0.684. The predicted molar refractivity (Wildman–Crippen MR) is 85.0 cm³/mol. The smallest absolute Gasteiger partial charge is 0.387 e. The molecule has 0 aliphatic carbocycles. The van der Waals surface area contributed by atoms with Gasteiger partial charge in [-0.25, -0.2) is 0 Å². The number of ether oxygens (including phenoxy) is 1. The summed E-state index contributed by atoms with van der Waals surface area (Å²) < 4.78 is 28.3. The van der Waals surface area contributed by atoms with E-state index in [9.17, 15) is 18.4 Å². The average Bonchev–Trinajstić information content (AvgIpc) is 2.49. The van der Waals surface area contributed by atoms with Crippen molar-refractivity contribution in [1.82, 2.24) is 5.32 Å². The number of carbonyl (C=O) groups excluding carboxylic acids is 1. The summed E-state index contributed by atoms with van der Waals surface area (Å²) in [4.78, 5) is 22.9. The Morgan fingerprint density at radius 1 is 1.21 bits per heavy atom. The Morgan fingerprint density at radius 3 is 2.33 bits per heavy atom. The van der Waals surface area contributed by atoms with E-state index in [0.717, 1.165) is 5.56 Å². The summed E-state index contributed by atoms with van der Waals surface area (Å²) >= 11 is 0. The first kappa shape index (κ1) is 19.9. The average molecular weight is 343 g/mol. The molecule has 1 atom stereocenters. The highest BCUT2D eigenvalue weighted by molar-refractivity contribution is 5.77. The Hall–Kier alpha value is -2.18. The van der Waals surface area contributed by atoms with Crippen LogP contribution in [0.4, 0.5) is 8.78 Å². The second kappa shape index (κ2) is 9.85. The van der Waals surface area contributed by atoms with Gasteiger partial charge in [-0.2, -0.15) is 8.78 Å². The predicted octanol–water partition coefficient (Wildman–Crippen LogP) is 3.08. The van der Waals surface area contributed by atoms with Gasteiger partial charge in [0.25, 0.3) is 0 Å². The van der Waals surface area contributed by atoms with E-state index in [-0.39, 0.29) is 30.5 Å². The fraction of sp³-hybridized carbons (Fsp3) is 0.529. The minimum Gasteiger partial charge on any atom is -0.481 e. The van der Waals surface area contributed by atoms with Crippen LogP contribution in [0, 0.1) is 11.8 Å². The molecule has 1 amide bonds. The summed E-state index contributed by atoms with van der Waals surface area (Å²) in [6.07, 6.45) is 1.13. The van der Waals surface area contributed by atoms with E-state index >= 15 is 0 Å². The summed E-state index contributed by atoms with van der Waals surface area (Å²) in [7, 11) is 0. The molecule has 7 heteroatoms. The third-order valence-electron chi connectivity index (χ3n) is 3.44. The van der Waals surface area contributed by atoms with Crippen LogP contribution in [0.15, 0.2) is 24.3 Å². The van der Waals surface area contributed by atoms with Gasteiger partial charge in [-0.3, -0.25) is 9.59 Å². The standard InChI is InChI=1S/C17H23F2NO4/c1-11(2)9-13(16(22)23)10-20-15(21)8-5-12-3-6-14(7-4-12)24-17(18)19/h3-4,6-7,11,13,17H,5,8-10H2,1-2H3,(H,20,21)(H,22,23). The number of hydrogen-bond donors (Lipinski definition) is 2. The summed E-state index contributed by atoms with van der Waals surface area (Å²) in [5.41, 5.74) is 0.809. The fourth-order valence-corrected chi connectivity index (χ4v) is 2.26. The summed E-state index contributed by atoms with van der Waals surface area (Å²) in [5.74, 6) is -1.45. The van der Waals surface area contributed by atoms with Crippen molar-refractivity contribution in [3.63, 3.8) is 0 Å². The van der Waals surface area contributed by atoms with E-state index < -0.39 is 18.5 Å². The molecule has 0 fully saturated rings. The second-order valence-corrected chi connectivity index (χ2v) is 5.99. The Labute approximate surface area is 140 Å². The zero-order valence-corrected chi connectivity index (χ0v) is 13.8. The second-order valence-electron chi connectivity index (χ2n) is 5.99. The molecular weight excluding hydrogens is 320 g/mol. The third kappa shape index (κ3) is 7.89. The molecule has 0 saturated carbocycles. The van der Waals surface area contributed by atoms with Crippen molar-refractivity contribution < 1.29 is 28.2 Å². The zero-order chi connectivity index (χ0) is 18.1. The van der Waals surface area contributed by atoms with Gasteiger partial charge in [-0.05, 0) is 36.5 Å². The van der Waals surface area contributed by atoms with Gasteiger partial charge in [0, 0.05) is 13.0 Å². The maximum Gasteiger partial charge on any atom is 0.387 e. The van der Waals surface area contributed by atoms with Gasteiger partial charge >= 0.3 is 12.6 Å². The molecule has 0 spiro atoms. The number of alkyl halides is 2. The van der Waals surface area contributed by atoms with Crippen LogP contribution in [-0.4, -0.2) is 30.1 Å². The van der Waals surface area contributed by atoms with Crippen LogP contribution in [0.1, 0.15) is 32.3 Å². The fourth-order valence-electron chi connectivity index (χ4n) is 2.26. The lowest BCUT2D eigenvalue weighted by atomic mass is 9.97. The first-order chi connectivity index (χ1) is 11.3. The van der Waals surface area contributed by atoms with Gasteiger partial charge in [0.15, 0.2) is 0 Å². The van der Waals surface area contributed by atoms with Crippen LogP contribution in [0.3, 0.4) is 0 Å². The SMILES string of the molecule is CC(C)CC(CNC(=O)CCc1ccc(OC(F)F)cc1)C(=O)O. The van der Waals surface area contributed by atoms with Gasteiger partial charge in [-0.15, -0.1) is 0 Å². The molecule has 0 aliphatic rings. The highest BCUT2D eigenvalue weighted by atomic mass is 19.3. The van der Waals surface area contributed by atoms with E-state index in [1.165, 1.54) is 12.1 Å². The van der Waals surface area contributed by atoms with E-state index in [4.69, 9.17) is 5.11 Å². The lowest BCUT2D eigenvalue weighted by Crippen LogP contribution is -2.33. The van der Waals surface area contributed by atoms with Crippen molar-refractivity contribution in [2.24, 2.45) is 11.8 Å². The highest BCUT2D eigenvalue weighted by Crippen LogP contribution is 2.16. The molecule has 1 aromatic carbocycles. The Morgan fingerprint density at radius 2 is 1.83 bits per heavy atom. The number of rotatable bonds is 10. The number of halogens is 2. The van der Waals surface area contributed by atoms with Crippen molar-refractivity contribution in [1.29, 1.82) is 0 Å². The van der Waals surface area contributed by atoms with E-state index in [1.54, 1.807) is 12.1 Å². The first-order valence-electron chi connectivity index (χ1n) is 7.81. The lowest BCUT2D eigenvalue weighted by Gasteiger charge is -2.15. The van der Waals surface area contributed by atoms with Crippen LogP contribution < -0.4 is 10.1 Å². The summed E-state index contributed by atoms with van der Waals surface area (Å²) in [6, 6.07) is 6.07. The van der Waals surface area contributed by atoms with Crippen LogP contribution in [0.25, 0.3) is 0 Å². The molecule has 0 radical (unpaired) electrons. The number of carboxylic acid groups (broad SMARTS) is 1. The normalized spacial score (nSPS) is 12.2. The van der Waals surface area contributed by atoms with Crippen molar-refractivity contribution in [3.8, 4) is 5.75 Å². The molecule has 5 nitrogen and oxygen atoms in total. The topological polar surface area (TPSA) is 75.6 Å². The molecule has 0 saturated heterocycles. The zero-order valence-electron chi connectivity index (χ0n) is 13.8. The van der Waals surface area contributed by atoms with Gasteiger partial charge in [0.05, 0.1) is 5.92 Å². The Bertz CT molecular complexity index is 532. The van der Waals surface area contributed by atoms with Crippen molar-refractivity contribution in [2.75, 3.05) is 6.54 Å². The minimum atomic E-state index is -2.87. The van der Waals surface area contributed by atoms with Crippen LogP contribution >= 0.6 is 0 Å². The molecule has 0 bridgehead atoms. The van der Waals surface area contributed by atoms with Crippen molar-refractivity contribution in [3.05, 3.63) is 29.8 Å². The lowest BCUT2D eigenvalue weighted by molar-refractivity contribution is -0.142.